The molecule has 0 fully saturated rings. The van der Waals surface area contributed by atoms with Crippen LogP contribution in [0.15, 0.2) is 42.5 Å². The molecule has 0 saturated heterocycles. The first-order chi connectivity index (χ1) is 10.5. The second-order valence-electron chi connectivity index (χ2n) is 5.22. The standard InChI is InChI=1S/C18H21NO3/c1-12-9-10-13(2)15(11-12)19-18(20)14(3)22-17-8-6-5-7-16(17)21-4/h5-11,14H,1-4H3,(H,19,20)/t14-/m1/s1. The molecule has 2 rings (SSSR count). The van der Waals surface area contributed by atoms with E-state index in [2.05, 4.69) is 5.32 Å². The highest BCUT2D eigenvalue weighted by Gasteiger charge is 2.17. The summed E-state index contributed by atoms with van der Waals surface area (Å²) in [6.07, 6.45) is -0.629. The van der Waals surface area contributed by atoms with Crippen LogP contribution >= 0.6 is 0 Å². The minimum atomic E-state index is -0.629. The number of para-hydroxylation sites is 2. The zero-order chi connectivity index (χ0) is 16.1. The number of carbonyl (C=O) groups excluding carboxylic acids is 1. The Morgan fingerprint density at radius 1 is 1.09 bits per heavy atom. The molecule has 0 aliphatic rings. The van der Waals surface area contributed by atoms with E-state index in [1.807, 2.05) is 44.2 Å². The molecule has 0 unspecified atom stereocenters. The molecular weight excluding hydrogens is 278 g/mol. The molecular formula is C18H21NO3. The van der Waals surface area contributed by atoms with Gasteiger partial charge in [0.2, 0.25) is 0 Å². The van der Waals surface area contributed by atoms with Gasteiger partial charge in [0.15, 0.2) is 17.6 Å². The van der Waals surface area contributed by atoms with Gasteiger partial charge in [-0.25, -0.2) is 0 Å². The van der Waals surface area contributed by atoms with Gasteiger partial charge in [0, 0.05) is 5.69 Å². The minimum Gasteiger partial charge on any atom is -0.493 e. The van der Waals surface area contributed by atoms with E-state index in [1.165, 1.54) is 0 Å². The Hall–Kier alpha value is -2.49. The molecule has 0 spiro atoms. The number of anilines is 1. The monoisotopic (exact) mass is 299 g/mol. The highest BCUT2D eigenvalue weighted by Crippen LogP contribution is 2.27. The molecule has 0 aliphatic heterocycles. The first-order valence-corrected chi connectivity index (χ1v) is 7.19. The molecule has 4 heteroatoms. The molecule has 4 nitrogen and oxygen atoms in total. The van der Waals surface area contributed by atoms with Crippen LogP contribution in [0.3, 0.4) is 0 Å². The summed E-state index contributed by atoms with van der Waals surface area (Å²) in [5.74, 6) is 0.960. The van der Waals surface area contributed by atoms with Gasteiger partial charge in [-0.15, -0.1) is 0 Å². The third-order valence-corrected chi connectivity index (χ3v) is 3.39. The predicted octanol–water partition coefficient (Wildman–Crippen LogP) is 3.72. The fourth-order valence-electron chi connectivity index (χ4n) is 2.07. The first kappa shape index (κ1) is 15.9. The van der Waals surface area contributed by atoms with Crippen molar-refractivity contribution in [1.29, 1.82) is 0 Å². The maximum absolute atomic E-state index is 12.3. The Balaban J connectivity index is 2.07. The number of hydrogen-bond donors (Lipinski definition) is 1. The van der Waals surface area contributed by atoms with Gasteiger partial charge in [-0.05, 0) is 50.1 Å². The van der Waals surface area contributed by atoms with Crippen LogP contribution < -0.4 is 14.8 Å². The summed E-state index contributed by atoms with van der Waals surface area (Å²) >= 11 is 0. The van der Waals surface area contributed by atoms with Crippen molar-refractivity contribution in [3.8, 4) is 11.5 Å². The normalized spacial score (nSPS) is 11.6. The average Bonchev–Trinajstić information content (AvgIpc) is 2.51. The number of ether oxygens (including phenoxy) is 2. The summed E-state index contributed by atoms with van der Waals surface area (Å²) in [6.45, 7) is 5.66. The van der Waals surface area contributed by atoms with Crippen molar-refractivity contribution in [2.45, 2.75) is 26.9 Å². The van der Waals surface area contributed by atoms with Crippen molar-refractivity contribution in [2.75, 3.05) is 12.4 Å². The molecule has 2 aromatic carbocycles. The predicted molar refractivity (Wildman–Crippen MR) is 87.6 cm³/mol. The second-order valence-corrected chi connectivity index (χ2v) is 5.22. The van der Waals surface area contributed by atoms with Crippen LogP contribution in [-0.4, -0.2) is 19.1 Å². The lowest BCUT2D eigenvalue weighted by molar-refractivity contribution is -0.122. The third kappa shape index (κ3) is 3.79. The summed E-state index contributed by atoms with van der Waals surface area (Å²) in [4.78, 5) is 12.3. The summed E-state index contributed by atoms with van der Waals surface area (Å²) in [6, 6.07) is 13.2. The van der Waals surface area contributed by atoms with Crippen molar-refractivity contribution >= 4 is 11.6 Å². The van der Waals surface area contributed by atoms with Gasteiger partial charge in [0.25, 0.3) is 5.91 Å². The zero-order valence-corrected chi connectivity index (χ0v) is 13.3. The van der Waals surface area contributed by atoms with E-state index in [-0.39, 0.29) is 5.91 Å². The number of benzene rings is 2. The van der Waals surface area contributed by atoms with Gasteiger partial charge in [-0.1, -0.05) is 24.3 Å². The van der Waals surface area contributed by atoms with Crippen molar-refractivity contribution in [3.05, 3.63) is 53.6 Å². The van der Waals surface area contributed by atoms with Crippen LogP contribution in [0.2, 0.25) is 0 Å². The van der Waals surface area contributed by atoms with E-state index in [0.717, 1.165) is 16.8 Å². The van der Waals surface area contributed by atoms with Gasteiger partial charge < -0.3 is 14.8 Å². The van der Waals surface area contributed by atoms with Crippen molar-refractivity contribution < 1.29 is 14.3 Å². The van der Waals surface area contributed by atoms with Crippen molar-refractivity contribution in [2.24, 2.45) is 0 Å². The highest BCUT2D eigenvalue weighted by molar-refractivity contribution is 5.94. The summed E-state index contributed by atoms with van der Waals surface area (Å²) in [7, 11) is 1.57. The quantitative estimate of drug-likeness (QED) is 0.915. The summed E-state index contributed by atoms with van der Waals surface area (Å²) < 4.78 is 10.9. The molecule has 0 saturated carbocycles. The summed E-state index contributed by atoms with van der Waals surface area (Å²) in [5.41, 5.74) is 2.92. The Bertz CT molecular complexity index is 667. The molecule has 116 valence electrons. The molecule has 22 heavy (non-hydrogen) atoms. The number of hydrogen-bond acceptors (Lipinski definition) is 3. The largest absolute Gasteiger partial charge is 0.493 e. The van der Waals surface area contributed by atoms with Gasteiger partial charge >= 0.3 is 0 Å². The second kappa shape index (κ2) is 6.98. The van der Waals surface area contributed by atoms with Gasteiger partial charge in [-0.2, -0.15) is 0 Å². The molecule has 0 aliphatic carbocycles. The molecule has 0 heterocycles. The Labute approximate surface area is 131 Å². The number of nitrogens with one attached hydrogen (secondary N) is 1. The van der Waals surface area contributed by atoms with Crippen LogP contribution in [0.4, 0.5) is 5.69 Å². The van der Waals surface area contributed by atoms with E-state index in [0.29, 0.717) is 11.5 Å². The van der Waals surface area contributed by atoms with Crippen LogP contribution in [0.25, 0.3) is 0 Å². The average molecular weight is 299 g/mol. The molecule has 1 atom stereocenters. The number of methoxy groups -OCH3 is 1. The third-order valence-electron chi connectivity index (χ3n) is 3.39. The molecule has 1 amide bonds. The topological polar surface area (TPSA) is 47.6 Å². The van der Waals surface area contributed by atoms with Crippen LogP contribution in [0.1, 0.15) is 18.1 Å². The fraction of sp³-hybridized carbons (Fsp3) is 0.278. The lowest BCUT2D eigenvalue weighted by Crippen LogP contribution is -2.30. The lowest BCUT2D eigenvalue weighted by Gasteiger charge is -2.17. The number of aryl methyl sites for hydroxylation is 2. The maximum Gasteiger partial charge on any atom is 0.265 e. The van der Waals surface area contributed by atoms with Crippen molar-refractivity contribution in [3.63, 3.8) is 0 Å². The molecule has 0 aromatic heterocycles. The van der Waals surface area contributed by atoms with Crippen molar-refractivity contribution in [1.82, 2.24) is 0 Å². The molecule has 2 aromatic rings. The first-order valence-electron chi connectivity index (χ1n) is 7.19. The molecule has 0 radical (unpaired) electrons. The Morgan fingerprint density at radius 3 is 2.45 bits per heavy atom. The molecule has 1 N–H and O–H groups in total. The van der Waals surface area contributed by atoms with Crippen LogP contribution in [-0.2, 0) is 4.79 Å². The van der Waals surface area contributed by atoms with Gasteiger partial charge in [0.05, 0.1) is 7.11 Å². The van der Waals surface area contributed by atoms with Gasteiger partial charge in [0.1, 0.15) is 0 Å². The minimum absolute atomic E-state index is 0.195. The van der Waals surface area contributed by atoms with E-state index < -0.39 is 6.10 Å². The van der Waals surface area contributed by atoms with E-state index in [4.69, 9.17) is 9.47 Å². The van der Waals surface area contributed by atoms with E-state index >= 15 is 0 Å². The smallest absolute Gasteiger partial charge is 0.265 e. The molecule has 0 bridgehead atoms. The fourth-order valence-corrected chi connectivity index (χ4v) is 2.07. The summed E-state index contributed by atoms with van der Waals surface area (Å²) in [5, 5.41) is 2.90. The lowest BCUT2D eigenvalue weighted by atomic mass is 10.1. The Morgan fingerprint density at radius 2 is 1.77 bits per heavy atom. The number of rotatable bonds is 5. The SMILES string of the molecule is COc1ccccc1O[C@H](C)C(=O)Nc1cc(C)ccc1C. The van der Waals surface area contributed by atoms with E-state index in [9.17, 15) is 4.79 Å². The number of amides is 1. The number of carbonyl (C=O) groups is 1. The Kier molecular flexibility index (Phi) is 5.04. The van der Waals surface area contributed by atoms with Crippen LogP contribution in [0, 0.1) is 13.8 Å². The van der Waals surface area contributed by atoms with Gasteiger partial charge in [-0.3, -0.25) is 4.79 Å². The van der Waals surface area contributed by atoms with Crippen LogP contribution in [0.5, 0.6) is 11.5 Å². The zero-order valence-electron chi connectivity index (χ0n) is 13.3. The maximum atomic E-state index is 12.3. The van der Waals surface area contributed by atoms with E-state index in [1.54, 1.807) is 26.2 Å². The highest BCUT2D eigenvalue weighted by atomic mass is 16.5.